The van der Waals surface area contributed by atoms with E-state index < -0.39 is 0 Å². The molecule has 5 nitrogen and oxygen atoms in total. The first-order valence-corrected chi connectivity index (χ1v) is 9.36. The second-order valence-corrected chi connectivity index (χ2v) is 6.97. The molecule has 1 saturated heterocycles. The first-order chi connectivity index (χ1) is 12.7. The van der Waals surface area contributed by atoms with Crippen molar-refractivity contribution in [3.63, 3.8) is 0 Å². The maximum absolute atomic E-state index is 12.2. The highest BCUT2D eigenvalue weighted by Crippen LogP contribution is 2.24. The summed E-state index contributed by atoms with van der Waals surface area (Å²) < 4.78 is 5.68. The molecule has 5 heteroatoms. The molecule has 138 valence electrons. The molecular weight excluding hydrogens is 326 g/mol. The number of aromatic nitrogens is 1. The van der Waals surface area contributed by atoms with Crippen LogP contribution in [0.5, 0.6) is 11.6 Å². The molecule has 2 aromatic rings. The summed E-state index contributed by atoms with van der Waals surface area (Å²) in [4.78, 5) is 16.5. The average Bonchev–Trinajstić information content (AvgIpc) is 2.69. The van der Waals surface area contributed by atoms with Crippen LogP contribution in [0.25, 0.3) is 0 Å². The third-order valence-electron chi connectivity index (χ3n) is 4.95. The van der Waals surface area contributed by atoms with E-state index in [1.54, 1.807) is 6.20 Å². The Kier molecular flexibility index (Phi) is 6.61. The van der Waals surface area contributed by atoms with Crippen LogP contribution in [0.4, 0.5) is 0 Å². The Morgan fingerprint density at radius 2 is 2.00 bits per heavy atom. The fourth-order valence-corrected chi connectivity index (χ4v) is 3.33. The van der Waals surface area contributed by atoms with E-state index in [4.69, 9.17) is 4.74 Å². The van der Waals surface area contributed by atoms with Crippen molar-refractivity contribution >= 4 is 5.91 Å². The van der Waals surface area contributed by atoms with Crippen molar-refractivity contribution in [3.05, 3.63) is 54.2 Å². The van der Waals surface area contributed by atoms with E-state index in [1.807, 2.05) is 42.5 Å². The molecule has 2 heterocycles. The Balaban J connectivity index is 1.43. The molecular formula is C21H27N3O2. The van der Waals surface area contributed by atoms with Crippen LogP contribution in [0.2, 0.25) is 0 Å². The van der Waals surface area contributed by atoms with Gasteiger partial charge in [-0.3, -0.25) is 4.79 Å². The highest BCUT2D eigenvalue weighted by molar-refractivity contribution is 5.76. The van der Waals surface area contributed by atoms with Crippen LogP contribution in [0.3, 0.4) is 0 Å². The monoisotopic (exact) mass is 353 g/mol. The van der Waals surface area contributed by atoms with E-state index in [1.165, 1.54) is 12.8 Å². The van der Waals surface area contributed by atoms with Gasteiger partial charge in [-0.15, -0.1) is 0 Å². The predicted octanol–water partition coefficient (Wildman–Crippen LogP) is 3.52. The Hall–Kier alpha value is -2.40. The molecule has 1 aliphatic rings. The van der Waals surface area contributed by atoms with Crippen LogP contribution in [0, 0.1) is 11.8 Å². The van der Waals surface area contributed by atoms with Gasteiger partial charge >= 0.3 is 0 Å². The van der Waals surface area contributed by atoms with Crippen molar-refractivity contribution in [2.45, 2.75) is 32.7 Å². The zero-order valence-electron chi connectivity index (χ0n) is 15.3. The molecule has 0 bridgehead atoms. The second-order valence-electron chi connectivity index (χ2n) is 6.97. The van der Waals surface area contributed by atoms with E-state index in [9.17, 15) is 4.79 Å². The summed E-state index contributed by atoms with van der Waals surface area (Å²) >= 11 is 0. The Morgan fingerprint density at radius 3 is 2.69 bits per heavy atom. The summed E-state index contributed by atoms with van der Waals surface area (Å²) in [7, 11) is 0. The molecule has 0 radical (unpaired) electrons. The highest BCUT2D eigenvalue weighted by Gasteiger charge is 2.21. The maximum atomic E-state index is 12.2. The molecule has 1 aromatic heterocycles. The number of nitrogens with zero attached hydrogens (tertiary/aromatic N) is 1. The minimum atomic E-state index is 0.112. The lowest BCUT2D eigenvalue weighted by atomic mass is 9.84. The molecule has 2 N–H and O–H groups in total. The number of para-hydroxylation sites is 1. The number of rotatable bonds is 7. The van der Waals surface area contributed by atoms with E-state index >= 15 is 0 Å². The fourth-order valence-electron chi connectivity index (χ4n) is 3.33. The number of carbonyl (C=O) groups excluding carboxylic acids is 1. The molecule has 1 aliphatic heterocycles. The van der Waals surface area contributed by atoms with Crippen molar-refractivity contribution in [1.29, 1.82) is 0 Å². The zero-order chi connectivity index (χ0) is 18.2. The minimum absolute atomic E-state index is 0.112. The van der Waals surface area contributed by atoms with Gasteiger partial charge in [-0.05, 0) is 55.5 Å². The van der Waals surface area contributed by atoms with Crippen molar-refractivity contribution in [1.82, 2.24) is 15.6 Å². The number of benzene rings is 1. The Bertz CT molecular complexity index is 682. The molecule has 1 amide bonds. The van der Waals surface area contributed by atoms with E-state index in [2.05, 4.69) is 22.5 Å². The lowest BCUT2D eigenvalue weighted by Gasteiger charge is -2.27. The van der Waals surface area contributed by atoms with Crippen molar-refractivity contribution < 1.29 is 9.53 Å². The van der Waals surface area contributed by atoms with Crippen molar-refractivity contribution in [3.8, 4) is 11.6 Å². The first-order valence-electron chi connectivity index (χ1n) is 9.36. The SMILES string of the molecule is CC(CC(=O)NCc1ccc(Oc2ccccc2)nc1)C1CCNCC1. The first kappa shape index (κ1) is 18.4. The Morgan fingerprint density at radius 1 is 1.23 bits per heavy atom. The molecule has 1 fully saturated rings. The molecule has 1 unspecified atom stereocenters. The summed E-state index contributed by atoms with van der Waals surface area (Å²) in [5.74, 6) is 2.49. The summed E-state index contributed by atoms with van der Waals surface area (Å²) in [5, 5.41) is 6.37. The second kappa shape index (κ2) is 9.34. The number of hydrogen-bond donors (Lipinski definition) is 2. The summed E-state index contributed by atoms with van der Waals surface area (Å²) in [5.41, 5.74) is 0.966. The third kappa shape index (κ3) is 5.56. The van der Waals surface area contributed by atoms with Crippen LogP contribution in [0.1, 0.15) is 31.7 Å². The number of carbonyl (C=O) groups is 1. The van der Waals surface area contributed by atoms with Crippen LogP contribution in [-0.4, -0.2) is 24.0 Å². The number of amides is 1. The molecule has 1 atom stereocenters. The highest BCUT2D eigenvalue weighted by atomic mass is 16.5. The van der Waals surface area contributed by atoms with E-state index in [0.717, 1.165) is 24.4 Å². The maximum Gasteiger partial charge on any atom is 0.220 e. The molecule has 0 saturated carbocycles. The molecule has 1 aromatic carbocycles. The molecule has 0 aliphatic carbocycles. The summed E-state index contributed by atoms with van der Waals surface area (Å²) in [6.45, 7) is 4.82. The largest absolute Gasteiger partial charge is 0.439 e. The molecule has 26 heavy (non-hydrogen) atoms. The molecule has 3 rings (SSSR count). The average molecular weight is 353 g/mol. The standard InChI is InChI=1S/C21H27N3O2/c1-16(18-9-11-22-12-10-18)13-20(25)23-14-17-7-8-21(24-15-17)26-19-5-3-2-4-6-19/h2-8,15-16,18,22H,9-14H2,1H3,(H,23,25). The van der Waals surface area contributed by atoms with Gasteiger partial charge in [-0.1, -0.05) is 31.2 Å². The van der Waals surface area contributed by atoms with Crippen LogP contribution < -0.4 is 15.4 Å². The van der Waals surface area contributed by atoms with Crippen LogP contribution >= 0.6 is 0 Å². The zero-order valence-corrected chi connectivity index (χ0v) is 15.3. The lowest BCUT2D eigenvalue weighted by molar-refractivity contribution is -0.122. The van der Waals surface area contributed by atoms with Gasteiger partial charge in [0.05, 0.1) is 0 Å². The van der Waals surface area contributed by atoms with Crippen LogP contribution in [-0.2, 0) is 11.3 Å². The van der Waals surface area contributed by atoms with Gasteiger partial charge in [0.1, 0.15) is 5.75 Å². The van der Waals surface area contributed by atoms with Gasteiger partial charge in [0.2, 0.25) is 11.8 Å². The molecule has 0 spiro atoms. The van der Waals surface area contributed by atoms with E-state index in [-0.39, 0.29) is 5.91 Å². The number of hydrogen-bond acceptors (Lipinski definition) is 4. The van der Waals surface area contributed by atoms with Crippen LogP contribution in [0.15, 0.2) is 48.7 Å². The van der Waals surface area contributed by atoms with Crippen molar-refractivity contribution in [2.75, 3.05) is 13.1 Å². The number of nitrogens with one attached hydrogen (secondary N) is 2. The normalized spacial score (nSPS) is 16.0. The number of piperidine rings is 1. The lowest BCUT2D eigenvalue weighted by Crippen LogP contribution is -2.33. The Labute approximate surface area is 155 Å². The quantitative estimate of drug-likeness (QED) is 0.799. The third-order valence-corrected chi connectivity index (χ3v) is 4.95. The topological polar surface area (TPSA) is 63.2 Å². The fraction of sp³-hybridized carbons (Fsp3) is 0.429. The minimum Gasteiger partial charge on any atom is -0.439 e. The van der Waals surface area contributed by atoms with Gasteiger partial charge < -0.3 is 15.4 Å². The van der Waals surface area contributed by atoms with Crippen molar-refractivity contribution in [2.24, 2.45) is 11.8 Å². The number of ether oxygens (including phenoxy) is 1. The summed E-state index contributed by atoms with van der Waals surface area (Å²) in [6.07, 6.45) is 4.67. The van der Waals surface area contributed by atoms with Gasteiger partial charge in [0.25, 0.3) is 0 Å². The van der Waals surface area contributed by atoms with E-state index in [0.29, 0.717) is 30.7 Å². The number of pyridine rings is 1. The van der Waals surface area contributed by atoms with Gasteiger partial charge in [0.15, 0.2) is 0 Å². The van der Waals surface area contributed by atoms with Gasteiger partial charge in [-0.2, -0.15) is 0 Å². The van der Waals surface area contributed by atoms with Gasteiger partial charge in [-0.25, -0.2) is 4.98 Å². The predicted molar refractivity (Wildman–Crippen MR) is 102 cm³/mol. The smallest absolute Gasteiger partial charge is 0.220 e. The van der Waals surface area contributed by atoms with Gasteiger partial charge in [0, 0.05) is 25.2 Å². The summed E-state index contributed by atoms with van der Waals surface area (Å²) in [6, 6.07) is 13.3.